The average molecular weight is 259 g/mol. The van der Waals surface area contributed by atoms with Gasteiger partial charge in [-0.2, -0.15) is 0 Å². The van der Waals surface area contributed by atoms with Gasteiger partial charge < -0.3 is 5.32 Å². The van der Waals surface area contributed by atoms with Crippen molar-refractivity contribution in [2.24, 2.45) is 11.8 Å². The molecule has 106 valence electrons. The molecule has 1 aromatic rings. The van der Waals surface area contributed by atoms with Crippen LogP contribution >= 0.6 is 0 Å². The summed E-state index contributed by atoms with van der Waals surface area (Å²) < 4.78 is 0. The highest BCUT2D eigenvalue weighted by Gasteiger charge is 2.30. The molecule has 1 heteroatoms. The van der Waals surface area contributed by atoms with E-state index in [0.29, 0.717) is 0 Å². The van der Waals surface area contributed by atoms with Gasteiger partial charge in [-0.25, -0.2) is 0 Å². The summed E-state index contributed by atoms with van der Waals surface area (Å²) in [6, 6.07) is 8.99. The molecule has 0 aromatic heterocycles. The van der Waals surface area contributed by atoms with Gasteiger partial charge in [-0.3, -0.25) is 0 Å². The van der Waals surface area contributed by atoms with E-state index in [1.165, 1.54) is 37.8 Å². The minimum absolute atomic E-state index is 0.759. The van der Waals surface area contributed by atoms with Crippen molar-refractivity contribution in [3.8, 4) is 0 Å². The maximum atomic E-state index is 3.64. The fourth-order valence-corrected chi connectivity index (χ4v) is 3.54. The van der Waals surface area contributed by atoms with Crippen molar-refractivity contribution in [2.75, 3.05) is 13.1 Å². The van der Waals surface area contributed by atoms with Gasteiger partial charge in [0.1, 0.15) is 0 Å². The first-order chi connectivity index (χ1) is 9.22. The zero-order valence-electron chi connectivity index (χ0n) is 12.8. The molecule has 0 spiro atoms. The fraction of sp³-hybridized carbons (Fsp3) is 0.667. The van der Waals surface area contributed by atoms with Gasteiger partial charge in [-0.15, -0.1) is 0 Å². The van der Waals surface area contributed by atoms with E-state index in [4.69, 9.17) is 0 Å². The lowest BCUT2D eigenvalue weighted by Gasteiger charge is -2.36. The Bertz CT molecular complexity index is 385. The first-order valence-electron chi connectivity index (χ1n) is 7.98. The molecule has 0 saturated heterocycles. The average Bonchev–Trinajstić information content (AvgIpc) is 2.41. The van der Waals surface area contributed by atoms with Crippen LogP contribution in [0.5, 0.6) is 0 Å². The molecule has 2 rings (SSSR count). The summed E-state index contributed by atoms with van der Waals surface area (Å²) in [7, 11) is 0. The van der Waals surface area contributed by atoms with Crippen molar-refractivity contribution in [2.45, 2.75) is 52.4 Å². The molecule has 1 saturated carbocycles. The van der Waals surface area contributed by atoms with E-state index in [-0.39, 0.29) is 0 Å². The number of nitrogens with one attached hydrogen (secondary N) is 1. The Morgan fingerprint density at radius 2 is 2.00 bits per heavy atom. The van der Waals surface area contributed by atoms with Crippen LogP contribution < -0.4 is 5.32 Å². The summed E-state index contributed by atoms with van der Waals surface area (Å²) in [6.45, 7) is 9.28. The van der Waals surface area contributed by atoms with Gasteiger partial charge >= 0.3 is 0 Å². The number of rotatable bonds is 5. The van der Waals surface area contributed by atoms with Crippen LogP contribution in [0.3, 0.4) is 0 Å². The molecule has 0 bridgehead atoms. The summed E-state index contributed by atoms with van der Waals surface area (Å²) in [4.78, 5) is 0. The Kier molecular flexibility index (Phi) is 5.45. The minimum Gasteiger partial charge on any atom is -0.316 e. The van der Waals surface area contributed by atoms with Gasteiger partial charge in [0.2, 0.25) is 0 Å². The summed E-state index contributed by atoms with van der Waals surface area (Å²) >= 11 is 0. The van der Waals surface area contributed by atoms with Crippen molar-refractivity contribution in [1.82, 2.24) is 5.32 Å². The highest BCUT2D eigenvalue weighted by Crippen LogP contribution is 2.41. The number of hydrogen-bond acceptors (Lipinski definition) is 1. The van der Waals surface area contributed by atoms with E-state index in [9.17, 15) is 0 Å². The Balaban J connectivity index is 2.10. The molecule has 0 heterocycles. The maximum absolute atomic E-state index is 3.64. The predicted octanol–water partition coefficient (Wildman–Crippen LogP) is 4.51. The summed E-state index contributed by atoms with van der Waals surface area (Å²) in [5.41, 5.74) is 3.07. The third-order valence-corrected chi connectivity index (χ3v) is 4.68. The van der Waals surface area contributed by atoms with Crippen molar-refractivity contribution < 1.29 is 0 Å². The molecular formula is C18H29N. The Labute approximate surface area is 118 Å². The Hall–Kier alpha value is -0.820. The fourth-order valence-electron chi connectivity index (χ4n) is 3.54. The summed E-state index contributed by atoms with van der Waals surface area (Å²) in [6.07, 6.45) is 5.39. The Morgan fingerprint density at radius 3 is 2.74 bits per heavy atom. The largest absolute Gasteiger partial charge is 0.316 e. The Morgan fingerprint density at radius 1 is 1.21 bits per heavy atom. The van der Waals surface area contributed by atoms with Crippen molar-refractivity contribution in [1.29, 1.82) is 0 Å². The second-order valence-electron chi connectivity index (χ2n) is 6.35. The molecule has 1 nitrogen and oxygen atoms in total. The van der Waals surface area contributed by atoms with Gasteiger partial charge in [0.15, 0.2) is 0 Å². The molecule has 1 aromatic carbocycles. The lowest BCUT2D eigenvalue weighted by Crippen LogP contribution is -2.32. The normalized spacial score (nSPS) is 27.4. The molecular weight excluding hydrogens is 230 g/mol. The van der Waals surface area contributed by atoms with Crippen LogP contribution in [0.1, 0.15) is 56.6 Å². The SMILES string of the molecule is CCCNCC1CCC(C)CC1c1ccccc1C. The van der Waals surface area contributed by atoms with E-state index in [1.807, 2.05) is 0 Å². The lowest BCUT2D eigenvalue weighted by atomic mass is 9.70. The van der Waals surface area contributed by atoms with Crippen LogP contribution in [0.4, 0.5) is 0 Å². The van der Waals surface area contributed by atoms with E-state index in [0.717, 1.165) is 24.3 Å². The molecule has 0 amide bonds. The van der Waals surface area contributed by atoms with E-state index >= 15 is 0 Å². The third kappa shape index (κ3) is 3.82. The molecule has 19 heavy (non-hydrogen) atoms. The molecule has 3 atom stereocenters. The highest BCUT2D eigenvalue weighted by atomic mass is 14.9. The van der Waals surface area contributed by atoms with E-state index in [2.05, 4.69) is 50.4 Å². The summed E-state index contributed by atoms with van der Waals surface area (Å²) in [5.74, 6) is 2.46. The third-order valence-electron chi connectivity index (χ3n) is 4.68. The molecule has 1 aliphatic rings. The monoisotopic (exact) mass is 259 g/mol. The predicted molar refractivity (Wildman–Crippen MR) is 83.6 cm³/mol. The van der Waals surface area contributed by atoms with Gasteiger partial charge in [0.25, 0.3) is 0 Å². The van der Waals surface area contributed by atoms with E-state index in [1.54, 1.807) is 5.56 Å². The van der Waals surface area contributed by atoms with Crippen LogP contribution in [-0.2, 0) is 0 Å². The molecule has 1 aliphatic carbocycles. The zero-order chi connectivity index (χ0) is 13.7. The van der Waals surface area contributed by atoms with Gasteiger partial charge in [0, 0.05) is 0 Å². The molecule has 1 N–H and O–H groups in total. The van der Waals surface area contributed by atoms with Crippen molar-refractivity contribution >= 4 is 0 Å². The summed E-state index contributed by atoms with van der Waals surface area (Å²) in [5, 5.41) is 3.64. The molecule has 0 aliphatic heterocycles. The smallest absolute Gasteiger partial charge is 0.00147 e. The zero-order valence-corrected chi connectivity index (χ0v) is 12.8. The molecule has 3 unspecified atom stereocenters. The second kappa shape index (κ2) is 7.09. The first-order valence-corrected chi connectivity index (χ1v) is 7.98. The molecule has 0 radical (unpaired) electrons. The quantitative estimate of drug-likeness (QED) is 0.767. The topological polar surface area (TPSA) is 12.0 Å². The molecule has 1 fully saturated rings. The van der Waals surface area contributed by atoms with Crippen LogP contribution in [-0.4, -0.2) is 13.1 Å². The minimum atomic E-state index is 0.759. The lowest BCUT2D eigenvalue weighted by molar-refractivity contribution is 0.241. The van der Waals surface area contributed by atoms with Gasteiger partial charge in [0.05, 0.1) is 0 Å². The van der Waals surface area contributed by atoms with Crippen LogP contribution in [0.25, 0.3) is 0 Å². The maximum Gasteiger partial charge on any atom is -0.00147 e. The number of aryl methyl sites for hydroxylation is 1. The number of benzene rings is 1. The highest BCUT2D eigenvalue weighted by molar-refractivity contribution is 5.30. The number of hydrogen-bond donors (Lipinski definition) is 1. The van der Waals surface area contributed by atoms with Crippen molar-refractivity contribution in [3.05, 3.63) is 35.4 Å². The van der Waals surface area contributed by atoms with Crippen molar-refractivity contribution in [3.63, 3.8) is 0 Å². The van der Waals surface area contributed by atoms with Gasteiger partial charge in [-0.05, 0) is 68.2 Å². The second-order valence-corrected chi connectivity index (χ2v) is 6.35. The standard InChI is InChI=1S/C18H29N/c1-4-11-19-13-16-10-9-14(2)12-18(16)17-8-6-5-7-15(17)3/h5-8,14,16,18-19H,4,9-13H2,1-3H3. The van der Waals surface area contributed by atoms with E-state index < -0.39 is 0 Å². The van der Waals surface area contributed by atoms with Crippen LogP contribution in [0.15, 0.2) is 24.3 Å². The van der Waals surface area contributed by atoms with Gasteiger partial charge in [-0.1, -0.05) is 44.5 Å². The van der Waals surface area contributed by atoms with Crippen LogP contribution in [0.2, 0.25) is 0 Å². The first kappa shape index (κ1) is 14.6. The van der Waals surface area contributed by atoms with Crippen LogP contribution in [0, 0.1) is 18.8 Å².